The molecule has 0 radical (unpaired) electrons. The van der Waals surface area contributed by atoms with Crippen LogP contribution in [0.2, 0.25) is 0 Å². The number of aldehydes is 1. The van der Waals surface area contributed by atoms with Gasteiger partial charge in [0.2, 0.25) is 0 Å². The fourth-order valence-corrected chi connectivity index (χ4v) is 1.61. The van der Waals surface area contributed by atoms with Crippen molar-refractivity contribution in [1.82, 2.24) is 4.57 Å². The summed E-state index contributed by atoms with van der Waals surface area (Å²) in [6.07, 6.45) is 4.19. The lowest BCUT2D eigenvalue weighted by atomic mass is 10.2. The van der Waals surface area contributed by atoms with Gasteiger partial charge in [-0.3, -0.25) is 4.79 Å². The molecule has 0 amide bonds. The number of halogens is 1. The predicted molar refractivity (Wildman–Crippen MR) is 61.9 cm³/mol. The molecule has 3 nitrogen and oxygen atoms in total. The van der Waals surface area contributed by atoms with Crippen molar-refractivity contribution in [3.8, 4) is 5.75 Å². The van der Waals surface area contributed by atoms with Gasteiger partial charge in [-0.1, -0.05) is 6.07 Å². The highest BCUT2D eigenvalue weighted by atomic mass is 19.1. The molecule has 0 unspecified atom stereocenters. The highest BCUT2D eigenvalue weighted by Crippen LogP contribution is 2.17. The molecule has 2 aromatic rings. The van der Waals surface area contributed by atoms with Gasteiger partial charge in [-0.25, -0.2) is 4.39 Å². The van der Waals surface area contributed by atoms with E-state index in [9.17, 15) is 9.18 Å². The number of aromatic nitrogens is 1. The Balaban J connectivity index is 2.20. The summed E-state index contributed by atoms with van der Waals surface area (Å²) in [5.74, 6) is 0.179. The largest absolute Gasteiger partial charge is 0.497 e. The molecule has 0 atom stereocenters. The molecule has 0 aliphatic rings. The van der Waals surface area contributed by atoms with Crippen molar-refractivity contribution in [3.05, 3.63) is 53.6 Å². The summed E-state index contributed by atoms with van der Waals surface area (Å²) >= 11 is 0. The van der Waals surface area contributed by atoms with Crippen LogP contribution in [0.1, 0.15) is 15.9 Å². The number of carbonyl (C=O) groups is 1. The molecule has 0 aliphatic carbocycles. The number of rotatable bonds is 4. The van der Waals surface area contributed by atoms with E-state index in [-0.39, 0.29) is 5.82 Å². The summed E-state index contributed by atoms with van der Waals surface area (Å²) in [5.41, 5.74) is 1.14. The Labute approximate surface area is 98.4 Å². The summed E-state index contributed by atoms with van der Waals surface area (Å²) in [7, 11) is 1.50. The maximum absolute atomic E-state index is 13.6. The van der Waals surface area contributed by atoms with Crippen LogP contribution in [0.3, 0.4) is 0 Å². The Kier molecular flexibility index (Phi) is 3.23. The molecule has 1 aromatic heterocycles. The minimum atomic E-state index is -0.314. The average molecular weight is 233 g/mol. The third kappa shape index (κ3) is 2.53. The van der Waals surface area contributed by atoms with E-state index < -0.39 is 0 Å². The molecule has 0 saturated heterocycles. The van der Waals surface area contributed by atoms with E-state index in [1.165, 1.54) is 13.2 Å². The van der Waals surface area contributed by atoms with Crippen LogP contribution in [0.4, 0.5) is 4.39 Å². The molecule has 0 saturated carbocycles. The molecule has 0 bridgehead atoms. The van der Waals surface area contributed by atoms with Crippen molar-refractivity contribution in [2.24, 2.45) is 0 Å². The van der Waals surface area contributed by atoms with E-state index in [0.29, 0.717) is 23.4 Å². The van der Waals surface area contributed by atoms with Crippen molar-refractivity contribution in [2.75, 3.05) is 7.11 Å². The van der Waals surface area contributed by atoms with Crippen LogP contribution in [0, 0.1) is 5.82 Å². The normalized spacial score (nSPS) is 10.2. The lowest BCUT2D eigenvalue weighted by Crippen LogP contribution is -1.99. The number of hydrogen-bond acceptors (Lipinski definition) is 2. The molecular weight excluding hydrogens is 221 g/mol. The Morgan fingerprint density at radius 3 is 2.82 bits per heavy atom. The summed E-state index contributed by atoms with van der Waals surface area (Å²) in [5, 5.41) is 0. The Morgan fingerprint density at radius 1 is 1.41 bits per heavy atom. The van der Waals surface area contributed by atoms with Crippen LogP contribution in [-0.2, 0) is 6.54 Å². The molecular formula is C13H12FNO2. The van der Waals surface area contributed by atoms with Crippen molar-refractivity contribution in [3.63, 3.8) is 0 Å². The van der Waals surface area contributed by atoms with Gasteiger partial charge in [0, 0.05) is 36.1 Å². The van der Waals surface area contributed by atoms with Gasteiger partial charge >= 0.3 is 0 Å². The zero-order valence-corrected chi connectivity index (χ0v) is 9.39. The monoisotopic (exact) mass is 233 g/mol. The summed E-state index contributed by atoms with van der Waals surface area (Å²) in [6, 6.07) is 6.42. The second-order valence-electron chi connectivity index (χ2n) is 3.69. The van der Waals surface area contributed by atoms with Crippen molar-refractivity contribution >= 4 is 6.29 Å². The Morgan fingerprint density at radius 2 is 2.24 bits per heavy atom. The molecule has 0 N–H and O–H groups in total. The first-order valence-corrected chi connectivity index (χ1v) is 5.16. The minimum absolute atomic E-state index is 0.314. The van der Waals surface area contributed by atoms with Gasteiger partial charge in [0.1, 0.15) is 11.6 Å². The fraction of sp³-hybridized carbons (Fsp3) is 0.154. The maximum atomic E-state index is 13.6. The SMILES string of the molecule is COc1ccc(Cn2ccc(C=O)c2)c(F)c1. The first kappa shape index (κ1) is 11.4. The van der Waals surface area contributed by atoms with E-state index >= 15 is 0 Å². The first-order chi connectivity index (χ1) is 8.22. The molecule has 0 spiro atoms. The summed E-state index contributed by atoms with van der Waals surface area (Å²) in [4.78, 5) is 10.5. The predicted octanol–water partition coefficient (Wildman–Crippen LogP) is 2.50. The fourth-order valence-electron chi connectivity index (χ4n) is 1.61. The van der Waals surface area contributed by atoms with Crippen LogP contribution in [0.25, 0.3) is 0 Å². The van der Waals surface area contributed by atoms with E-state index in [1.54, 1.807) is 35.2 Å². The van der Waals surface area contributed by atoms with Crippen molar-refractivity contribution in [2.45, 2.75) is 6.54 Å². The number of nitrogens with zero attached hydrogens (tertiary/aromatic N) is 1. The number of methoxy groups -OCH3 is 1. The number of ether oxygens (including phenoxy) is 1. The number of benzene rings is 1. The standard InChI is InChI=1S/C13H12FNO2/c1-17-12-3-2-11(13(14)6-12)8-15-5-4-10(7-15)9-16/h2-7,9H,8H2,1H3. The third-order valence-electron chi connectivity index (χ3n) is 2.52. The summed E-state index contributed by atoms with van der Waals surface area (Å²) < 4.78 is 20.3. The van der Waals surface area contributed by atoms with Gasteiger partial charge < -0.3 is 9.30 Å². The average Bonchev–Trinajstić information content (AvgIpc) is 2.79. The van der Waals surface area contributed by atoms with Gasteiger partial charge in [0.25, 0.3) is 0 Å². The van der Waals surface area contributed by atoms with Crippen LogP contribution in [-0.4, -0.2) is 18.0 Å². The molecule has 4 heteroatoms. The van der Waals surface area contributed by atoms with Gasteiger partial charge in [-0.15, -0.1) is 0 Å². The second kappa shape index (κ2) is 4.82. The molecule has 88 valence electrons. The highest BCUT2D eigenvalue weighted by Gasteiger charge is 2.05. The van der Waals surface area contributed by atoms with Crippen LogP contribution in [0.5, 0.6) is 5.75 Å². The second-order valence-corrected chi connectivity index (χ2v) is 3.69. The van der Waals surface area contributed by atoms with E-state index in [4.69, 9.17) is 4.74 Å². The Bertz CT molecular complexity index is 534. The topological polar surface area (TPSA) is 31.2 Å². The lowest BCUT2D eigenvalue weighted by molar-refractivity contribution is 0.112. The van der Waals surface area contributed by atoms with E-state index in [2.05, 4.69) is 0 Å². The van der Waals surface area contributed by atoms with Crippen LogP contribution < -0.4 is 4.74 Å². The van der Waals surface area contributed by atoms with Gasteiger partial charge in [-0.05, 0) is 12.1 Å². The summed E-state index contributed by atoms with van der Waals surface area (Å²) in [6.45, 7) is 0.393. The molecule has 0 aliphatic heterocycles. The molecule has 1 aromatic carbocycles. The molecule has 1 heterocycles. The van der Waals surface area contributed by atoms with Crippen LogP contribution in [0.15, 0.2) is 36.7 Å². The van der Waals surface area contributed by atoms with E-state index in [1.807, 2.05) is 0 Å². The van der Waals surface area contributed by atoms with Crippen molar-refractivity contribution < 1.29 is 13.9 Å². The van der Waals surface area contributed by atoms with Gasteiger partial charge in [-0.2, -0.15) is 0 Å². The minimum Gasteiger partial charge on any atom is -0.497 e. The zero-order chi connectivity index (χ0) is 12.3. The number of carbonyl (C=O) groups excluding carboxylic acids is 1. The zero-order valence-electron chi connectivity index (χ0n) is 9.39. The van der Waals surface area contributed by atoms with Crippen molar-refractivity contribution in [1.29, 1.82) is 0 Å². The Hall–Kier alpha value is -2.10. The first-order valence-electron chi connectivity index (χ1n) is 5.16. The molecule has 17 heavy (non-hydrogen) atoms. The van der Waals surface area contributed by atoms with Gasteiger partial charge in [0.15, 0.2) is 6.29 Å². The maximum Gasteiger partial charge on any atom is 0.151 e. The molecule has 0 fully saturated rings. The molecule has 2 rings (SSSR count). The van der Waals surface area contributed by atoms with Gasteiger partial charge in [0.05, 0.1) is 7.11 Å². The third-order valence-corrected chi connectivity index (χ3v) is 2.52. The highest BCUT2D eigenvalue weighted by molar-refractivity contribution is 5.74. The van der Waals surface area contributed by atoms with E-state index in [0.717, 1.165) is 6.29 Å². The van der Waals surface area contributed by atoms with Crippen LogP contribution >= 0.6 is 0 Å². The number of hydrogen-bond donors (Lipinski definition) is 0. The smallest absolute Gasteiger partial charge is 0.151 e. The quantitative estimate of drug-likeness (QED) is 0.760. The lowest BCUT2D eigenvalue weighted by Gasteiger charge is -2.06.